The highest BCUT2D eigenvalue weighted by atomic mass is 32.1. The van der Waals surface area contributed by atoms with Gasteiger partial charge in [0.25, 0.3) is 0 Å². The highest BCUT2D eigenvalue weighted by Crippen LogP contribution is 2.43. The molecule has 0 atom stereocenters. The Bertz CT molecular complexity index is 955. The third-order valence-electron chi connectivity index (χ3n) is 8.13. The molecule has 0 aliphatic heterocycles. The van der Waals surface area contributed by atoms with E-state index in [9.17, 15) is 4.79 Å². The van der Waals surface area contributed by atoms with E-state index in [1.54, 1.807) is 6.92 Å². The van der Waals surface area contributed by atoms with Crippen LogP contribution in [0.25, 0.3) is 0 Å². The van der Waals surface area contributed by atoms with E-state index in [0.717, 1.165) is 11.4 Å². The summed E-state index contributed by atoms with van der Waals surface area (Å²) in [5.41, 5.74) is 4.43. The quantitative estimate of drug-likeness (QED) is 0.421. The standard InChI is InChI=1S/C30H44N2O2S/c1-12-34-26(33)31-25(35)32(23-17-13-21(14-18-23)29(8,9)27(2,3)4)24-19-15-22(16-20-24)30(10,11)28(5,6)7/h13-20H,12H2,1-11H3,(H,31,33,35). The molecule has 0 saturated carbocycles. The Morgan fingerprint density at radius 2 is 1.09 bits per heavy atom. The highest BCUT2D eigenvalue weighted by Gasteiger charge is 2.35. The molecule has 0 unspecified atom stereocenters. The maximum atomic E-state index is 12.2. The summed E-state index contributed by atoms with van der Waals surface area (Å²) in [5.74, 6) is 0. The van der Waals surface area contributed by atoms with E-state index in [4.69, 9.17) is 17.0 Å². The summed E-state index contributed by atoms with van der Waals surface area (Å²) in [6.45, 7) is 24.7. The molecule has 2 aromatic carbocycles. The van der Waals surface area contributed by atoms with Crippen molar-refractivity contribution in [2.75, 3.05) is 11.5 Å². The van der Waals surface area contributed by atoms with Crippen LogP contribution in [-0.4, -0.2) is 17.8 Å². The predicted molar refractivity (Wildman–Crippen MR) is 153 cm³/mol. The van der Waals surface area contributed by atoms with Crippen LogP contribution in [-0.2, 0) is 15.6 Å². The number of carbonyl (C=O) groups is 1. The first-order valence-electron chi connectivity index (χ1n) is 12.4. The zero-order chi connectivity index (χ0) is 26.8. The topological polar surface area (TPSA) is 41.6 Å². The number of hydrogen-bond acceptors (Lipinski definition) is 3. The zero-order valence-corrected chi connectivity index (χ0v) is 24.3. The van der Waals surface area contributed by atoms with Crippen molar-refractivity contribution in [2.24, 2.45) is 10.8 Å². The second-order valence-corrected chi connectivity index (χ2v) is 12.7. The summed E-state index contributed by atoms with van der Waals surface area (Å²) in [7, 11) is 0. The minimum Gasteiger partial charge on any atom is -0.450 e. The smallest absolute Gasteiger partial charge is 0.413 e. The third kappa shape index (κ3) is 6.24. The number of nitrogens with zero attached hydrogens (tertiary/aromatic N) is 1. The number of rotatable bonds is 5. The van der Waals surface area contributed by atoms with Gasteiger partial charge in [-0.15, -0.1) is 0 Å². The van der Waals surface area contributed by atoms with E-state index >= 15 is 0 Å². The molecule has 0 saturated heterocycles. The molecule has 35 heavy (non-hydrogen) atoms. The normalized spacial score (nSPS) is 12.8. The lowest BCUT2D eigenvalue weighted by Crippen LogP contribution is -2.40. The number of thiocarbonyl (C=S) groups is 1. The van der Waals surface area contributed by atoms with Crippen molar-refractivity contribution < 1.29 is 9.53 Å². The molecule has 0 heterocycles. The SMILES string of the molecule is CCOC(=O)NC(=S)N(c1ccc(C(C)(C)C(C)(C)C)cc1)c1ccc(C(C)(C)C(C)(C)C)cc1. The maximum absolute atomic E-state index is 12.2. The molecule has 192 valence electrons. The van der Waals surface area contributed by atoms with Gasteiger partial charge in [0, 0.05) is 11.4 Å². The molecular weight excluding hydrogens is 452 g/mol. The van der Waals surface area contributed by atoms with E-state index in [0.29, 0.717) is 0 Å². The van der Waals surface area contributed by atoms with Gasteiger partial charge in [0.05, 0.1) is 6.61 Å². The fourth-order valence-electron chi connectivity index (χ4n) is 3.61. The molecular formula is C30H44N2O2S. The van der Waals surface area contributed by atoms with Gasteiger partial charge in [-0.1, -0.05) is 93.5 Å². The van der Waals surface area contributed by atoms with Crippen LogP contribution in [0.1, 0.15) is 87.3 Å². The van der Waals surface area contributed by atoms with Crippen molar-refractivity contribution in [3.8, 4) is 0 Å². The van der Waals surface area contributed by atoms with E-state index in [1.165, 1.54) is 11.1 Å². The van der Waals surface area contributed by atoms with E-state index < -0.39 is 6.09 Å². The largest absolute Gasteiger partial charge is 0.450 e. The number of anilines is 2. The Kier molecular flexibility index (Phi) is 8.48. The Morgan fingerprint density at radius 1 is 0.743 bits per heavy atom. The van der Waals surface area contributed by atoms with Crippen LogP contribution >= 0.6 is 12.2 Å². The van der Waals surface area contributed by atoms with Gasteiger partial charge in [0.1, 0.15) is 0 Å². The minimum absolute atomic E-state index is 0.0137. The first-order valence-corrected chi connectivity index (χ1v) is 12.8. The molecule has 0 aliphatic rings. The summed E-state index contributed by atoms with van der Waals surface area (Å²) in [4.78, 5) is 14.0. The molecule has 4 nitrogen and oxygen atoms in total. The van der Waals surface area contributed by atoms with Gasteiger partial charge in [-0.05, 0) is 76.2 Å². The molecule has 2 rings (SSSR count). The molecule has 0 bridgehead atoms. The second-order valence-electron chi connectivity index (χ2n) is 12.3. The lowest BCUT2D eigenvalue weighted by molar-refractivity contribution is 0.158. The van der Waals surface area contributed by atoms with Gasteiger partial charge in [-0.25, -0.2) is 4.79 Å². The van der Waals surface area contributed by atoms with Gasteiger partial charge in [-0.2, -0.15) is 0 Å². The van der Waals surface area contributed by atoms with E-state index in [1.807, 2.05) is 4.90 Å². The van der Waals surface area contributed by atoms with Crippen LogP contribution in [0.3, 0.4) is 0 Å². The second kappa shape index (κ2) is 10.3. The molecule has 0 spiro atoms. The molecule has 1 amide bonds. The summed E-state index contributed by atoms with van der Waals surface area (Å²) >= 11 is 5.67. The van der Waals surface area contributed by atoms with Crippen LogP contribution in [0.2, 0.25) is 0 Å². The van der Waals surface area contributed by atoms with E-state index in [-0.39, 0.29) is 33.4 Å². The Morgan fingerprint density at radius 3 is 1.37 bits per heavy atom. The van der Waals surface area contributed by atoms with Crippen molar-refractivity contribution in [1.82, 2.24) is 5.32 Å². The monoisotopic (exact) mass is 496 g/mol. The number of alkyl carbamates (subject to hydrolysis) is 1. The Balaban J connectivity index is 2.51. The van der Waals surface area contributed by atoms with Crippen LogP contribution in [0.5, 0.6) is 0 Å². The molecule has 2 aromatic rings. The molecule has 0 aromatic heterocycles. The maximum Gasteiger partial charge on any atom is 0.413 e. The Hall–Kier alpha value is -2.40. The van der Waals surface area contributed by atoms with Crippen molar-refractivity contribution in [1.29, 1.82) is 0 Å². The number of benzene rings is 2. The fraction of sp³-hybridized carbons (Fsp3) is 0.533. The molecule has 0 aliphatic carbocycles. The van der Waals surface area contributed by atoms with Crippen molar-refractivity contribution in [3.63, 3.8) is 0 Å². The molecule has 5 heteroatoms. The summed E-state index contributed by atoms with van der Waals surface area (Å²) in [5, 5.41) is 2.98. The Labute approximate surface area is 218 Å². The summed E-state index contributed by atoms with van der Waals surface area (Å²) in [6.07, 6.45) is -0.557. The number of nitrogens with one attached hydrogen (secondary N) is 1. The van der Waals surface area contributed by atoms with Crippen LogP contribution in [0.4, 0.5) is 16.2 Å². The zero-order valence-electron chi connectivity index (χ0n) is 23.5. The summed E-state index contributed by atoms with van der Waals surface area (Å²) < 4.78 is 5.07. The molecule has 0 radical (unpaired) electrons. The lowest BCUT2D eigenvalue weighted by atomic mass is 9.65. The molecule has 1 N–H and O–H groups in total. The van der Waals surface area contributed by atoms with Gasteiger partial charge < -0.3 is 4.74 Å². The van der Waals surface area contributed by atoms with Gasteiger partial charge in [-0.3, -0.25) is 10.2 Å². The van der Waals surface area contributed by atoms with Crippen LogP contribution in [0, 0.1) is 10.8 Å². The van der Waals surface area contributed by atoms with Crippen molar-refractivity contribution in [2.45, 2.75) is 87.0 Å². The number of amides is 1. The minimum atomic E-state index is -0.557. The first kappa shape index (κ1) is 28.8. The fourth-order valence-corrected chi connectivity index (χ4v) is 3.91. The van der Waals surface area contributed by atoms with Gasteiger partial charge >= 0.3 is 6.09 Å². The van der Waals surface area contributed by atoms with Gasteiger partial charge in [0.2, 0.25) is 0 Å². The van der Waals surface area contributed by atoms with E-state index in [2.05, 4.69) is 123 Å². The first-order chi connectivity index (χ1) is 15.9. The van der Waals surface area contributed by atoms with Gasteiger partial charge in [0.15, 0.2) is 5.11 Å². The third-order valence-corrected chi connectivity index (χ3v) is 8.42. The average molecular weight is 497 g/mol. The van der Waals surface area contributed by atoms with Crippen molar-refractivity contribution in [3.05, 3.63) is 59.7 Å². The van der Waals surface area contributed by atoms with Crippen LogP contribution < -0.4 is 10.2 Å². The highest BCUT2D eigenvalue weighted by molar-refractivity contribution is 7.80. The number of carbonyl (C=O) groups excluding carboxylic acids is 1. The molecule has 0 fully saturated rings. The van der Waals surface area contributed by atoms with Crippen molar-refractivity contribution >= 4 is 34.8 Å². The predicted octanol–water partition coefficient (Wildman–Crippen LogP) is 8.50. The van der Waals surface area contributed by atoms with Crippen LogP contribution in [0.15, 0.2) is 48.5 Å². The number of hydrogen-bond donors (Lipinski definition) is 1. The summed E-state index contributed by atoms with van der Waals surface area (Å²) in [6, 6.07) is 16.9. The lowest BCUT2D eigenvalue weighted by Gasteiger charge is -2.40. The number of ether oxygens (including phenoxy) is 1. The average Bonchev–Trinajstić information content (AvgIpc) is 2.73.